The van der Waals surface area contributed by atoms with E-state index < -0.39 is 36.4 Å². The molecule has 4 nitrogen and oxygen atoms in total. The van der Waals surface area contributed by atoms with Gasteiger partial charge in [0.15, 0.2) is 11.7 Å². The van der Waals surface area contributed by atoms with Gasteiger partial charge in [-0.2, -0.15) is 5.26 Å². The molecule has 2 aliphatic carbocycles. The van der Waals surface area contributed by atoms with Crippen LogP contribution in [0.1, 0.15) is 70.3 Å². The Kier molecular flexibility index (Phi) is 4.64. The summed E-state index contributed by atoms with van der Waals surface area (Å²) in [5.41, 5.74) is 1.47. The normalized spacial score (nSPS) is 23.5. The van der Waals surface area contributed by atoms with E-state index in [0.717, 1.165) is 12.1 Å². The van der Waals surface area contributed by atoms with E-state index >= 15 is 0 Å². The molecule has 3 aromatic rings. The number of aryl methyl sites for hydroxylation is 1. The van der Waals surface area contributed by atoms with Gasteiger partial charge in [0.2, 0.25) is 0 Å². The average molecular weight is 442 g/mol. The van der Waals surface area contributed by atoms with E-state index in [-0.39, 0.29) is 40.9 Å². The predicted molar refractivity (Wildman–Crippen MR) is 106 cm³/mol. The van der Waals surface area contributed by atoms with Gasteiger partial charge in [0.25, 0.3) is 5.92 Å². The van der Waals surface area contributed by atoms with Crippen LogP contribution in [0.4, 0.5) is 17.6 Å². The maximum absolute atomic E-state index is 14.7. The van der Waals surface area contributed by atoms with Crippen LogP contribution in [-0.2, 0) is 6.42 Å². The van der Waals surface area contributed by atoms with Crippen molar-refractivity contribution in [1.29, 1.82) is 5.26 Å². The lowest BCUT2D eigenvalue weighted by molar-refractivity contribution is -0.0966. The third kappa shape index (κ3) is 3.03. The minimum absolute atomic E-state index is 0.0126. The smallest absolute Gasteiger partial charge is 0.281 e. The van der Waals surface area contributed by atoms with E-state index in [0.29, 0.717) is 22.6 Å². The van der Waals surface area contributed by atoms with Crippen molar-refractivity contribution in [2.24, 2.45) is 0 Å². The zero-order valence-electron chi connectivity index (χ0n) is 17.0. The largest absolute Gasteiger partial charge is 0.441 e. The van der Waals surface area contributed by atoms with Gasteiger partial charge in [0.1, 0.15) is 18.1 Å². The fraction of sp³-hybridized carbons (Fsp3) is 0.333. The fourth-order valence-corrected chi connectivity index (χ4v) is 5.07. The Morgan fingerprint density at radius 1 is 1.19 bits per heavy atom. The molecule has 0 spiro atoms. The Bertz CT molecular complexity index is 1280. The number of rotatable bonds is 2. The van der Waals surface area contributed by atoms with Gasteiger partial charge in [0.05, 0.1) is 17.8 Å². The van der Waals surface area contributed by atoms with Gasteiger partial charge in [-0.15, -0.1) is 0 Å². The van der Waals surface area contributed by atoms with E-state index in [9.17, 15) is 27.9 Å². The van der Waals surface area contributed by atoms with Gasteiger partial charge >= 0.3 is 0 Å². The number of aliphatic hydroxyl groups is 1. The zero-order valence-corrected chi connectivity index (χ0v) is 17.0. The second-order valence-corrected chi connectivity index (χ2v) is 8.34. The summed E-state index contributed by atoms with van der Waals surface area (Å²) in [5, 5.41) is 20.0. The first-order chi connectivity index (χ1) is 15.2. The highest BCUT2D eigenvalue weighted by atomic mass is 19.3. The molecule has 0 saturated carbocycles. The minimum atomic E-state index is -3.40. The molecular weight excluding hydrogens is 424 g/mol. The van der Waals surface area contributed by atoms with Crippen molar-refractivity contribution in [3.8, 4) is 17.4 Å². The van der Waals surface area contributed by atoms with Crippen LogP contribution in [0.3, 0.4) is 0 Å². The number of fused-ring (bicyclic) bond motifs is 2. The summed E-state index contributed by atoms with van der Waals surface area (Å²) in [6, 6.07) is 7.26. The molecule has 1 aromatic heterocycles. The van der Waals surface area contributed by atoms with Crippen molar-refractivity contribution in [3.05, 3.63) is 75.6 Å². The van der Waals surface area contributed by atoms with Crippen LogP contribution in [0.15, 0.2) is 34.9 Å². The van der Waals surface area contributed by atoms with Crippen molar-refractivity contribution in [3.63, 3.8) is 0 Å². The Balaban J connectivity index is 1.74. The van der Waals surface area contributed by atoms with E-state index in [4.69, 9.17) is 4.42 Å². The van der Waals surface area contributed by atoms with Crippen molar-refractivity contribution >= 4 is 0 Å². The maximum Gasteiger partial charge on any atom is 0.281 e. The molecule has 1 heterocycles. The molecule has 2 aliphatic rings. The van der Waals surface area contributed by atoms with E-state index in [2.05, 4.69) is 4.98 Å². The van der Waals surface area contributed by atoms with Gasteiger partial charge in [-0.25, -0.2) is 22.5 Å². The summed E-state index contributed by atoms with van der Waals surface area (Å²) in [7, 11) is 0. The molecule has 0 radical (unpaired) electrons. The number of hydrogen-bond donors (Lipinski definition) is 1. The number of aliphatic hydroxyl groups excluding tert-OH is 1. The summed E-state index contributed by atoms with van der Waals surface area (Å²) in [6.07, 6.45) is -2.44. The second-order valence-electron chi connectivity index (χ2n) is 8.34. The number of nitrogens with zero attached hydrogens (tertiary/aromatic N) is 2. The van der Waals surface area contributed by atoms with Crippen molar-refractivity contribution < 1.29 is 27.1 Å². The summed E-state index contributed by atoms with van der Waals surface area (Å²) in [5.74, 6) is -4.08. The molecule has 0 aliphatic heterocycles. The molecule has 32 heavy (non-hydrogen) atoms. The van der Waals surface area contributed by atoms with Crippen LogP contribution in [0, 0.1) is 24.1 Å². The van der Waals surface area contributed by atoms with E-state index in [1.54, 1.807) is 19.1 Å². The molecular formula is C24H18F4N2O2. The SMILES string of the molecule is Cc1ncc(-c2ccc([C@H]3CC[C@H](F)c4cc(F)cc(C#N)c43)c3c2[C@H](O)C(F)(F)C3)o1. The highest BCUT2D eigenvalue weighted by molar-refractivity contribution is 5.69. The summed E-state index contributed by atoms with van der Waals surface area (Å²) >= 11 is 0. The third-order valence-electron chi connectivity index (χ3n) is 6.43. The van der Waals surface area contributed by atoms with Crippen LogP contribution >= 0.6 is 0 Å². The van der Waals surface area contributed by atoms with Gasteiger partial charge < -0.3 is 9.52 Å². The Morgan fingerprint density at radius 3 is 2.66 bits per heavy atom. The van der Waals surface area contributed by atoms with Gasteiger partial charge in [-0.3, -0.25) is 0 Å². The fourth-order valence-electron chi connectivity index (χ4n) is 5.07. The Hall–Kier alpha value is -3.18. The van der Waals surface area contributed by atoms with Gasteiger partial charge in [-0.05, 0) is 47.2 Å². The quantitative estimate of drug-likeness (QED) is 0.508. The van der Waals surface area contributed by atoms with Crippen molar-refractivity contribution in [2.75, 3.05) is 0 Å². The molecule has 0 unspecified atom stereocenters. The predicted octanol–water partition coefficient (Wildman–Crippen LogP) is 5.82. The lowest BCUT2D eigenvalue weighted by Crippen LogP contribution is -2.22. The number of alkyl halides is 3. The lowest BCUT2D eigenvalue weighted by Gasteiger charge is -2.31. The summed E-state index contributed by atoms with van der Waals surface area (Å²) in [4.78, 5) is 4.01. The standard InChI is InChI=1S/C24H18F4N2O2/c1-11-30-10-20(32-11)16-3-2-14(18-8-24(27,28)23(31)22(16)18)15-4-5-19(26)17-7-13(25)6-12(9-29)21(15)17/h2-3,6-7,10,15,19,23,31H,4-5,8H2,1H3/t15-,19+,23+/m1/s1. The zero-order chi connectivity index (χ0) is 22.8. The number of halogens is 4. The first-order valence-corrected chi connectivity index (χ1v) is 10.2. The molecule has 0 amide bonds. The highest BCUT2D eigenvalue weighted by Crippen LogP contribution is 2.53. The van der Waals surface area contributed by atoms with Crippen LogP contribution in [0.25, 0.3) is 11.3 Å². The summed E-state index contributed by atoms with van der Waals surface area (Å²) in [6.45, 7) is 1.62. The average Bonchev–Trinajstić information content (AvgIpc) is 3.28. The molecule has 8 heteroatoms. The van der Waals surface area contributed by atoms with Crippen LogP contribution in [0.2, 0.25) is 0 Å². The lowest BCUT2D eigenvalue weighted by atomic mass is 9.74. The Labute approximate surface area is 181 Å². The highest BCUT2D eigenvalue weighted by Gasteiger charge is 2.50. The molecule has 1 N–H and O–H groups in total. The first kappa shape index (κ1) is 20.7. The van der Waals surface area contributed by atoms with Crippen LogP contribution in [-0.4, -0.2) is 16.0 Å². The van der Waals surface area contributed by atoms with E-state index in [1.165, 1.54) is 6.20 Å². The van der Waals surface area contributed by atoms with Crippen LogP contribution < -0.4 is 0 Å². The monoisotopic (exact) mass is 442 g/mol. The maximum atomic E-state index is 14.7. The topological polar surface area (TPSA) is 70.0 Å². The van der Waals surface area contributed by atoms with E-state index in [1.807, 2.05) is 6.07 Å². The third-order valence-corrected chi connectivity index (χ3v) is 6.43. The Morgan fingerprint density at radius 2 is 1.97 bits per heavy atom. The van der Waals surface area contributed by atoms with Gasteiger partial charge in [-0.1, -0.05) is 12.1 Å². The number of nitriles is 1. The van der Waals surface area contributed by atoms with Crippen molar-refractivity contribution in [1.82, 2.24) is 4.98 Å². The second kappa shape index (κ2) is 7.17. The number of oxazole rings is 1. The number of aromatic nitrogens is 1. The van der Waals surface area contributed by atoms with Crippen LogP contribution in [0.5, 0.6) is 0 Å². The molecule has 0 fully saturated rings. The van der Waals surface area contributed by atoms with Crippen molar-refractivity contribution in [2.45, 2.75) is 50.3 Å². The molecule has 164 valence electrons. The molecule has 0 saturated heterocycles. The minimum Gasteiger partial charge on any atom is -0.441 e. The molecule has 0 bridgehead atoms. The van der Waals surface area contributed by atoms with Gasteiger partial charge in [0, 0.05) is 30.4 Å². The molecule has 5 rings (SSSR count). The number of benzene rings is 2. The summed E-state index contributed by atoms with van der Waals surface area (Å²) < 4.78 is 63.5. The molecule has 3 atom stereocenters. The molecule has 2 aromatic carbocycles. The number of hydrogen-bond acceptors (Lipinski definition) is 4. The first-order valence-electron chi connectivity index (χ1n) is 10.2.